The highest BCUT2D eigenvalue weighted by molar-refractivity contribution is 7.92. The Labute approximate surface area is 216 Å². The highest BCUT2D eigenvalue weighted by atomic mass is 35.5. The van der Waals surface area contributed by atoms with Crippen molar-refractivity contribution in [1.82, 2.24) is 5.43 Å². The van der Waals surface area contributed by atoms with Gasteiger partial charge >= 0.3 is 0 Å². The number of nitrogens with one attached hydrogen (secondary N) is 1. The van der Waals surface area contributed by atoms with Crippen LogP contribution in [0.1, 0.15) is 25.0 Å². The molecule has 8 nitrogen and oxygen atoms in total. The highest BCUT2D eigenvalue weighted by Gasteiger charge is 2.29. The summed E-state index contributed by atoms with van der Waals surface area (Å²) in [5.41, 5.74) is 4.44. The number of carbonyl (C=O) groups excluding carboxylic acids is 1. The van der Waals surface area contributed by atoms with Gasteiger partial charge < -0.3 is 9.47 Å². The minimum Gasteiger partial charge on any atom is -0.494 e. The van der Waals surface area contributed by atoms with Crippen molar-refractivity contribution in [2.24, 2.45) is 5.10 Å². The van der Waals surface area contributed by atoms with Crippen molar-refractivity contribution >= 4 is 39.4 Å². The third-order valence-corrected chi connectivity index (χ3v) is 6.53. The minimum atomic E-state index is -3.74. The summed E-state index contributed by atoms with van der Waals surface area (Å²) < 4.78 is 37.1. The van der Waals surface area contributed by atoms with Crippen molar-refractivity contribution in [2.45, 2.75) is 26.5 Å². The molecule has 1 N–H and O–H groups in total. The van der Waals surface area contributed by atoms with E-state index < -0.39 is 22.0 Å². The van der Waals surface area contributed by atoms with Gasteiger partial charge in [-0.3, -0.25) is 9.10 Å². The first kappa shape index (κ1) is 27.0. The molecule has 0 spiro atoms. The lowest BCUT2D eigenvalue weighted by Gasteiger charge is -2.27. The fourth-order valence-electron chi connectivity index (χ4n) is 3.37. The molecule has 0 aromatic heterocycles. The Kier molecular flexibility index (Phi) is 9.32. The van der Waals surface area contributed by atoms with Gasteiger partial charge in [-0.25, -0.2) is 13.8 Å². The summed E-state index contributed by atoms with van der Waals surface area (Å²) in [7, 11) is -3.74. The van der Waals surface area contributed by atoms with Crippen LogP contribution in [0, 0.1) is 0 Å². The van der Waals surface area contributed by atoms with Crippen molar-refractivity contribution < 1.29 is 22.7 Å². The number of anilines is 1. The summed E-state index contributed by atoms with van der Waals surface area (Å²) in [5.74, 6) is 0.702. The van der Waals surface area contributed by atoms with E-state index >= 15 is 0 Å². The van der Waals surface area contributed by atoms with Gasteiger partial charge in [0.25, 0.3) is 5.91 Å². The van der Waals surface area contributed by atoms with E-state index in [1.807, 2.05) is 25.1 Å². The molecule has 3 aromatic carbocycles. The molecule has 0 fully saturated rings. The van der Waals surface area contributed by atoms with Crippen molar-refractivity contribution in [3.8, 4) is 11.5 Å². The van der Waals surface area contributed by atoms with Crippen LogP contribution in [0.15, 0.2) is 77.9 Å². The third-order valence-electron chi connectivity index (χ3n) is 5.05. The lowest BCUT2D eigenvalue weighted by atomic mass is 10.2. The Morgan fingerprint density at radius 1 is 1.06 bits per heavy atom. The van der Waals surface area contributed by atoms with E-state index in [4.69, 9.17) is 21.1 Å². The molecule has 1 atom stereocenters. The van der Waals surface area contributed by atoms with Gasteiger partial charge in [0.15, 0.2) is 0 Å². The molecule has 0 aliphatic heterocycles. The van der Waals surface area contributed by atoms with E-state index in [9.17, 15) is 13.2 Å². The van der Waals surface area contributed by atoms with E-state index in [-0.39, 0.29) is 0 Å². The lowest BCUT2D eigenvalue weighted by molar-refractivity contribution is -0.121. The molecule has 0 aliphatic carbocycles. The Morgan fingerprint density at radius 3 is 2.31 bits per heavy atom. The van der Waals surface area contributed by atoms with Crippen molar-refractivity contribution in [3.63, 3.8) is 0 Å². The third kappa shape index (κ3) is 7.73. The van der Waals surface area contributed by atoms with Crippen LogP contribution in [0.4, 0.5) is 5.69 Å². The van der Waals surface area contributed by atoms with Crippen LogP contribution in [0.3, 0.4) is 0 Å². The monoisotopic (exact) mass is 529 g/mol. The van der Waals surface area contributed by atoms with Gasteiger partial charge in [0.05, 0.1) is 24.8 Å². The smallest absolute Gasteiger partial charge is 0.263 e. The largest absolute Gasteiger partial charge is 0.494 e. The standard InChI is InChI=1S/C26H28ClN3O5S/c1-4-34-24-14-10-23(11-15-24)30(36(3,32)33)19(2)26(31)29-28-17-20-8-12-25(13-9-20)35-18-21-6-5-7-22(27)16-21/h5-17,19H,4,18H2,1-3H3,(H,29,31)/b28-17+. The zero-order valence-electron chi connectivity index (χ0n) is 20.2. The molecule has 0 aliphatic rings. The fourth-order valence-corrected chi connectivity index (χ4v) is 4.76. The molecular formula is C26H28ClN3O5S. The van der Waals surface area contributed by atoms with Gasteiger partial charge in [0.2, 0.25) is 10.0 Å². The number of hydrogen-bond donors (Lipinski definition) is 1. The second-order valence-corrected chi connectivity index (χ2v) is 10.2. The fraction of sp³-hybridized carbons (Fsp3) is 0.231. The number of amides is 1. The van der Waals surface area contributed by atoms with E-state index in [2.05, 4.69) is 10.5 Å². The molecule has 0 bridgehead atoms. The summed E-state index contributed by atoms with van der Waals surface area (Å²) in [6.45, 7) is 4.22. The number of benzene rings is 3. The number of halogens is 1. The topological polar surface area (TPSA) is 97.3 Å². The van der Waals surface area contributed by atoms with E-state index in [0.717, 1.165) is 21.7 Å². The van der Waals surface area contributed by atoms with E-state index in [1.54, 1.807) is 54.6 Å². The van der Waals surface area contributed by atoms with Gasteiger partial charge in [0.1, 0.15) is 24.1 Å². The van der Waals surface area contributed by atoms with Crippen LogP contribution in [0.5, 0.6) is 11.5 Å². The summed E-state index contributed by atoms with van der Waals surface area (Å²) in [5, 5.41) is 4.62. The van der Waals surface area contributed by atoms with Crippen LogP contribution in [-0.4, -0.2) is 39.4 Å². The lowest BCUT2D eigenvalue weighted by Crippen LogP contribution is -2.46. The predicted octanol–water partition coefficient (Wildman–Crippen LogP) is 4.62. The van der Waals surface area contributed by atoms with E-state index in [0.29, 0.717) is 35.4 Å². The molecule has 0 saturated carbocycles. The van der Waals surface area contributed by atoms with Gasteiger partial charge in [-0.05, 0) is 85.6 Å². The van der Waals surface area contributed by atoms with E-state index in [1.165, 1.54) is 13.1 Å². The van der Waals surface area contributed by atoms with Gasteiger partial charge in [-0.1, -0.05) is 23.7 Å². The van der Waals surface area contributed by atoms with Crippen molar-refractivity contribution in [1.29, 1.82) is 0 Å². The molecule has 10 heteroatoms. The first-order valence-corrected chi connectivity index (χ1v) is 13.4. The zero-order chi connectivity index (χ0) is 26.1. The Balaban J connectivity index is 1.59. The van der Waals surface area contributed by atoms with Gasteiger partial charge in [-0.15, -0.1) is 0 Å². The molecule has 0 radical (unpaired) electrons. The molecule has 190 valence electrons. The average molecular weight is 530 g/mol. The summed E-state index contributed by atoms with van der Waals surface area (Å²) in [4.78, 5) is 12.7. The van der Waals surface area contributed by atoms with Crippen molar-refractivity contribution in [2.75, 3.05) is 17.2 Å². The molecule has 1 amide bonds. The number of hydrogen-bond acceptors (Lipinski definition) is 6. The number of sulfonamides is 1. The number of nitrogens with zero attached hydrogens (tertiary/aromatic N) is 2. The second-order valence-electron chi connectivity index (χ2n) is 7.88. The number of ether oxygens (including phenoxy) is 2. The van der Waals surface area contributed by atoms with Gasteiger partial charge in [-0.2, -0.15) is 5.10 Å². The van der Waals surface area contributed by atoms with Crippen LogP contribution in [-0.2, 0) is 21.4 Å². The number of hydrazone groups is 1. The van der Waals surface area contributed by atoms with Gasteiger partial charge in [0, 0.05) is 5.02 Å². The first-order chi connectivity index (χ1) is 17.2. The van der Waals surface area contributed by atoms with Crippen LogP contribution >= 0.6 is 11.6 Å². The Morgan fingerprint density at radius 2 is 1.69 bits per heavy atom. The normalized spacial score (nSPS) is 12.2. The molecule has 36 heavy (non-hydrogen) atoms. The highest BCUT2D eigenvalue weighted by Crippen LogP contribution is 2.24. The Bertz CT molecular complexity index is 1300. The molecule has 1 unspecified atom stereocenters. The molecule has 0 heterocycles. The SMILES string of the molecule is CCOc1ccc(N(C(C)C(=O)N/N=C/c2ccc(OCc3cccc(Cl)c3)cc2)S(C)(=O)=O)cc1. The van der Waals surface area contributed by atoms with Crippen molar-refractivity contribution in [3.05, 3.63) is 88.9 Å². The summed E-state index contributed by atoms with van der Waals surface area (Å²) in [6, 6.07) is 20.0. The molecule has 3 rings (SSSR count). The number of carbonyl (C=O) groups is 1. The molecular weight excluding hydrogens is 502 g/mol. The number of rotatable bonds is 11. The average Bonchev–Trinajstić information content (AvgIpc) is 2.84. The predicted molar refractivity (Wildman–Crippen MR) is 142 cm³/mol. The minimum absolute atomic E-state index is 0.348. The maximum atomic E-state index is 12.7. The quantitative estimate of drug-likeness (QED) is 0.289. The molecule has 3 aromatic rings. The maximum Gasteiger partial charge on any atom is 0.263 e. The van der Waals surface area contributed by atoms with Crippen LogP contribution in [0.25, 0.3) is 0 Å². The molecule has 0 saturated heterocycles. The first-order valence-electron chi connectivity index (χ1n) is 11.2. The zero-order valence-corrected chi connectivity index (χ0v) is 21.8. The maximum absolute atomic E-state index is 12.7. The second kappa shape index (κ2) is 12.4. The Hall–Kier alpha value is -3.56. The van der Waals surface area contributed by atoms with Crippen LogP contribution in [0.2, 0.25) is 5.02 Å². The summed E-state index contributed by atoms with van der Waals surface area (Å²) in [6.07, 6.45) is 2.51. The van der Waals surface area contributed by atoms with Crippen LogP contribution < -0.4 is 19.2 Å². The summed E-state index contributed by atoms with van der Waals surface area (Å²) >= 11 is 5.99.